The highest BCUT2D eigenvalue weighted by Crippen LogP contribution is 2.16. The van der Waals surface area contributed by atoms with Crippen LogP contribution >= 0.6 is 0 Å². The summed E-state index contributed by atoms with van der Waals surface area (Å²) in [5.41, 5.74) is 2.64. The number of hydrogen-bond acceptors (Lipinski definition) is 5. The van der Waals surface area contributed by atoms with E-state index in [1.165, 1.54) is 16.3 Å². The van der Waals surface area contributed by atoms with Crippen molar-refractivity contribution in [3.05, 3.63) is 52.3 Å². The van der Waals surface area contributed by atoms with Gasteiger partial charge in [-0.05, 0) is 37.8 Å². The van der Waals surface area contributed by atoms with Crippen molar-refractivity contribution in [3.63, 3.8) is 0 Å². The van der Waals surface area contributed by atoms with E-state index in [1.54, 1.807) is 17.9 Å². The molecule has 1 aliphatic heterocycles. The monoisotopic (exact) mass is 426 g/mol. The Morgan fingerprint density at radius 3 is 2.45 bits per heavy atom. The molecule has 2 amide bonds. The van der Waals surface area contributed by atoms with Crippen LogP contribution in [0.2, 0.25) is 0 Å². The Morgan fingerprint density at radius 2 is 1.81 bits per heavy atom. The van der Waals surface area contributed by atoms with E-state index in [0.29, 0.717) is 38.2 Å². The van der Waals surface area contributed by atoms with Gasteiger partial charge in [-0.25, -0.2) is 9.48 Å². The minimum absolute atomic E-state index is 0.0197. The maximum atomic E-state index is 12.4. The minimum Gasteiger partial charge on any atom is -0.450 e. The molecule has 1 aromatic heterocycles. The Labute approximate surface area is 182 Å². The lowest BCUT2D eigenvalue weighted by Gasteiger charge is -2.31. The van der Waals surface area contributed by atoms with Crippen molar-refractivity contribution < 1.29 is 14.3 Å². The fourth-order valence-corrected chi connectivity index (χ4v) is 3.60. The number of aryl methyl sites for hydroxylation is 2. The molecule has 0 unspecified atom stereocenters. The van der Waals surface area contributed by atoms with Crippen molar-refractivity contribution in [2.24, 2.45) is 0 Å². The highest BCUT2D eigenvalue weighted by molar-refractivity contribution is 5.76. The Bertz CT molecular complexity index is 947. The molecular weight excluding hydrogens is 396 g/mol. The number of rotatable bonds is 7. The van der Waals surface area contributed by atoms with Crippen molar-refractivity contribution in [1.82, 2.24) is 20.0 Å². The van der Waals surface area contributed by atoms with Gasteiger partial charge in [0.25, 0.3) is 5.56 Å². The molecule has 0 saturated carbocycles. The molecule has 0 bridgehead atoms. The Hall–Kier alpha value is -3.16. The van der Waals surface area contributed by atoms with Gasteiger partial charge in [0, 0.05) is 37.2 Å². The zero-order valence-electron chi connectivity index (χ0n) is 18.2. The van der Waals surface area contributed by atoms with Crippen molar-refractivity contribution >= 4 is 12.0 Å². The molecule has 0 radical (unpaired) electrons. The Balaban J connectivity index is 1.52. The molecule has 0 spiro atoms. The maximum absolute atomic E-state index is 12.4. The van der Waals surface area contributed by atoms with Gasteiger partial charge in [0.15, 0.2) is 0 Å². The fraction of sp³-hybridized carbons (Fsp3) is 0.478. The van der Waals surface area contributed by atoms with Gasteiger partial charge >= 0.3 is 6.09 Å². The Kier molecular flexibility index (Phi) is 7.81. The summed E-state index contributed by atoms with van der Waals surface area (Å²) < 4.78 is 6.35. The van der Waals surface area contributed by atoms with Gasteiger partial charge in [0.2, 0.25) is 5.91 Å². The van der Waals surface area contributed by atoms with Crippen molar-refractivity contribution in [2.45, 2.75) is 52.1 Å². The SMILES string of the molecule is CCOC(=O)N1CCC(NC(=O)CCn2nc(-c3ccc(CC)cc3)ccc2=O)CC1. The van der Waals surface area contributed by atoms with Crippen molar-refractivity contribution in [3.8, 4) is 11.3 Å². The van der Waals surface area contributed by atoms with E-state index in [1.807, 2.05) is 24.3 Å². The number of carbonyl (C=O) groups is 2. The molecule has 0 atom stereocenters. The van der Waals surface area contributed by atoms with Gasteiger partial charge in [-0.3, -0.25) is 9.59 Å². The Morgan fingerprint density at radius 1 is 1.10 bits per heavy atom. The summed E-state index contributed by atoms with van der Waals surface area (Å²) in [5, 5.41) is 7.43. The molecule has 8 nitrogen and oxygen atoms in total. The van der Waals surface area contributed by atoms with E-state index in [-0.39, 0.29) is 36.6 Å². The predicted molar refractivity (Wildman–Crippen MR) is 118 cm³/mol. The van der Waals surface area contributed by atoms with Crippen LogP contribution < -0.4 is 10.9 Å². The van der Waals surface area contributed by atoms with Crippen LogP contribution in [0, 0.1) is 0 Å². The van der Waals surface area contributed by atoms with E-state index in [0.717, 1.165) is 12.0 Å². The number of hydrogen-bond donors (Lipinski definition) is 1. The van der Waals surface area contributed by atoms with E-state index < -0.39 is 0 Å². The third-order valence-electron chi connectivity index (χ3n) is 5.46. The first-order valence-corrected chi connectivity index (χ1v) is 10.9. The second-order valence-corrected chi connectivity index (χ2v) is 7.61. The third kappa shape index (κ3) is 6.16. The molecule has 1 aliphatic rings. The summed E-state index contributed by atoms with van der Waals surface area (Å²) in [6.07, 6.45) is 2.20. The normalized spacial score (nSPS) is 14.3. The maximum Gasteiger partial charge on any atom is 0.409 e. The van der Waals surface area contributed by atoms with Crippen molar-refractivity contribution in [2.75, 3.05) is 19.7 Å². The highest BCUT2D eigenvalue weighted by atomic mass is 16.6. The molecule has 8 heteroatoms. The fourth-order valence-electron chi connectivity index (χ4n) is 3.60. The van der Waals surface area contributed by atoms with E-state index in [9.17, 15) is 14.4 Å². The van der Waals surface area contributed by atoms with E-state index in [2.05, 4.69) is 17.3 Å². The van der Waals surface area contributed by atoms with Crippen LogP contribution in [-0.4, -0.2) is 52.4 Å². The van der Waals surface area contributed by atoms with Crippen LogP contribution in [0.1, 0.15) is 38.7 Å². The lowest BCUT2D eigenvalue weighted by atomic mass is 10.1. The topological polar surface area (TPSA) is 93.5 Å². The van der Waals surface area contributed by atoms with E-state index >= 15 is 0 Å². The summed E-state index contributed by atoms with van der Waals surface area (Å²) in [6.45, 7) is 5.57. The van der Waals surface area contributed by atoms with E-state index in [4.69, 9.17) is 4.74 Å². The van der Waals surface area contributed by atoms with Crippen LogP contribution in [0.3, 0.4) is 0 Å². The summed E-state index contributed by atoms with van der Waals surface area (Å²) in [6, 6.07) is 11.3. The zero-order chi connectivity index (χ0) is 22.2. The van der Waals surface area contributed by atoms with Gasteiger partial charge in [-0.2, -0.15) is 5.10 Å². The van der Waals surface area contributed by atoms with Gasteiger partial charge in [-0.15, -0.1) is 0 Å². The van der Waals surface area contributed by atoms with Crippen LogP contribution in [0.15, 0.2) is 41.2 Å². The highest BCUT2D eigenvalue weighted by Gasteiger charge is 2.24. The van der Waals surface area contributed by atoms with Crippen LogP contribution in [0.4, 0.5) is 4.79 Å². The molecule has 2 heterocycles. The summed E-state index contributed by atoms with van der Waals surface area (Å²) in [4.78, 5) is 38.0. The molecule has 0 aliphatic carbocycles. The second-order valence-electron chi connectivity index (χ2n) is 7.61. The molecule has 1 saturated heterocycles. The second kappa shape index (κ2) is 10.7. The average Bonchev–Trinajstić information content (AvgIpc) is 2.79. The van der Waals surface area contributed by atoms with Gasteiger partial charge in [0.1, 0.15) is 0 Å². The lowest BCUT2D eigenvalue weighted by Crippen LogP contribution is -2.46. The largest absolute Gasteiger partial charge is 0.450 e. The molecule has 1 aromatic carbocycles. The first-order chi connectivity index (χ1) is 15.0. The number of carbonyl (C=O) groups excluding carboxylic acids is 2. The first-order valence-electron chi connectivity index (χ1n) is 10.9. The smallest absolute Gasteiger partial charge is 0.409 e. The summed E-state index contributed by atoms with van der Waals surface area (Å²) in [5.74, 6) is -0.124. The number of amides is 2. The van der Waals surface area contributed by atoms with Gasteiger partial charge in [0.05, 0.1) is 18.8 Å². The molecule has 166 valence electrons. The standard InChI is InChI=1S/C23H30N4O4/c1-3-17-5-7-18(8-6-17)20-9-10-22(29)27(25-20)16-13-21(28)24-19-11-14-26(15-12-19)23(30)31-4-2/h5-10,19H,3-4,11-16H2,1-2H3,(H,24,28). The zero-order valence-corrected chi connectivity index (χ0v) is 18.2. The first kappa shape index (κ1) is 22.5. The number of nitrogens with zero attached hydrogens (tertiary/aromatic N) is 3. The van der Waals surface area contributed by atoms with Crippen molar-refractivity contribution in [1.29, 1.82) is 0 Å². The number of ether oxygens (including phenoxy) is 1. The lowest BCUT2D eigenvalue weighted by molar-refractivity contribution is -0.122. The number of nitrogens with one attached hydrogen (secondary N) is 1. The number of piperidine rings is 1. The molecule has 2 aromatic rings. The minimum atomic E-state index is -0.304. The number of aromatic nitrogens is 2. The number of benzene rings is 1. The molecule has 3 rings (SSSR count). The summed E-state index contributed by atoms with van der Waals surface area (Å²) >= 11 is 0. The average molecular weight is 427 g/mol. The molecule has 1 fully saturated rings. The third-order valence-corrected chi connectivity index (χ3v) is 5.46. The van der Waals surface area contributed by atoms with Crippen LogP contribution in [0.25, 0.3) is 11.3 Å². The predicted octanol–water partition coefficient (Wildman–Crippen LogP) is 2.60. The summed E-state index contributed by atoms with van der Waals surface area (Å²) in [7, 11) is 0. The molecule has 1 N–H and O–H groups in total. The van der Waals surface area contributed by atoms with Crippen LogP contribution in [-0.2, 0) is 22.5 Å². The molecular formula is C23H30N4O4. The quantitative estimate of drug-likeness (QED) is 0.735. The van der Waals surface area contributed by atoms with Gasteiger partial charge in [-0.1, -0.05) is 31.2 Å². The van der Waals surface area contributed by atoms with Crippen LogP contribution in [0.5, 0.6) is 0 Å². The van der Waals surface area contributed by atoms with Gasteiger partial charge < -0.3 is 15.0 Å². The number of likely N-dealkylation sites (tertiary alicyclic amines) is 1. The molecule has 31 heavy (non-hydrogen) atoms.